The topological polar surface area (TPSA) is 60.7 Å². The number of nitrogens with zero attached hydrogens (tertiary/aromatic N) is 1. The summed E-state index contributed by atoms with van der Waals surface area (Å²) in [6, 6.07) is 12.9. The minimum atomic E-state index is -1.32. The van der Waals surface area contributed by atoms with Crippen molar-refractivity contribution >= 4 is 28.7 Å². The smallest absolute Gasteiger partial charge is 0.490 e. The monoisotopic (exact) mass is 385 g/mol. The van der Waals surface area contributed by atoms with Crippen LogP contribution in [0.25, 0.3) is 10.9 Å². The highest BCUT2D eigenvalue weighted by Crippen LogP contribution is 2.31. The van der Waals surface area contributed by atoms with Gasteiger partial charge >= 0.3 is 6.16 Å². The molecule has 1 aliphatic rings. The highest BCUT2D eigenvalue weighted by molar-refractivity contribution is 6.30. The Balaban J connectivity index is 1.66. The molecule has 140 valence electrons. The number of benzene rings is 2. The molecule has 1 aliphatic carbocycles. The van der Waals surface area contributed by atoms with E-state index in [1.807, 2.05) is 41.1 Å². The maximum absolute atomic E-state index is 10.9. The third-order valence-corrected chi connectivity index (χ3v) is 5.17. The molecule has 0 atom stereocenters. The fourth-order valence-electron chi connectivity index (χ4n) is 3.67. The number of hydrogen-bond acceptors (Lipinski definition) is 3. The maximum atomic E-state index is 10.9. The molecule has 5 nitrogen and oxygen atoms in total. The van der Waals surface area contributed by atoms with Crippen molar-refractivity contribution in [2.24, 2.45) is 0 Å². The Bertz CT molecular complexity index is 975. The molecular formula is C21H20ClNO4. The van der Waals surface area contributed by atoms with Crippen LogP contribution in [-0.2, 0) is 6.54 Å². The van der Waals surface area contributed by atoms with Crippen LogP contribution in [0.15, 0.2) is 48.7 Å². The number of carboxylic acid groups (broad SMARTS) is 1. The zero-order valence-corrected chi connectivity index (χ0v) is 15.5. The van der Waals surface area contributed by atoms with Crippen molar-refractivity contribution < 1.29 is 19.4 Å². The van der Waals surface area contributed by atoms with Crippen LogP contribution in [0.3, 0.4) is 0 Å². The lowest BCUT2D eigenvalue weighted by Gasteiger charge is -2.17. The quantitative estimate of drug-likeness (QED) is 0.450. The van der Waals surface area contributed by atoms with Crippen molar-refractivity contribution in [2.75, 3.05) is 0 Å². The molecular weight excluding hydrogens is 366 g/mol. The van der Waals surface area contributed by atoms with Gasteiger partial charge in [-0.05, 0) is 62.1 Å². The van der Waals surface area contributed by atoms with Gasteiger partial charge in [0.15, 0.2) is 0 Å². The molecule has 1 saturated carbocycles. The van der Waals surface area contributed by atoms with E-state index in [1.54, 1.807) is 12.1 Å². The second-order valence-corrected chi connectivity index (χ2v) is 7.21. The summed E-state index contributed by atoms with van der Waals surface area (Å²) in [6.45, 7) is 0.572. The van der Waals surface area contributed by atoms with Crippen LogP contribution in [-0.4, -0.2) is 21.9 Å². The highest BCUT2D eigenvalue weighted by atomic mass is 35.5. The predicted molar refractivity (Wildman–Crippen MR) is 104 cm³/mol. The molecule has 0 radical (unpaired) electrons. The summed E-state index contributed by atoms with van der Waals surface area (Å²) in [5.74, 6) is 1.18. The SMILES string of the molecule is O=C(O)Oc1cccc2c1ccn2Cc1cc(Cl)ccc1OC1CCCC1. The second-order valence-electron chi connectivity index (χ2n) is 6.78. The number of ether oxygens (including phenoxy) is 2. The summed E-state index contributed by atoms with van der Waals surface area (Å²) < 4.78 is 13.1. The minimum Gasteiger partial charge on any atom is -0.490 e. The first-order chi connectivity index (χ1) is 13.1. The van der Waals surface area contributed by atoms with Crippen molar-refractivity contribution in [3.05, 3.63) is 59.2 Å². The van der Waals surface area contributed by atoms with E-state index in [0.29, 0.717) is 17.3 Å². The Labute approximate surface area is 162 Å². The Kier molecular flexibility index (Phi) is 4.94. The Hall–Kier alpha value is -2.66. The normalized spacial score (nSPS) is 14.6. The van der Waals surface area contributed by atoms with Crippen molar-refractivity contribution in [1.29, 1.82) is 0 Å². The molecule has 0 amide bonds. The molecule has 6 heteroatoms. The molecule has 3 aromatic rings. The molecule has 1 fully saturated rings. The fourth-order valence-corrected chi connectivity index (χ4v) is 3.87. The molecule has 1 N–H and O–H groups in total. The third kappa shape index (κ3) is 3.88. The standard InChI is InChI=1S/C21H20ClNO4/c22-15-8-9-19(26-16-4-1-2-5-16)14(12-15)13-23-11-10-17-18(23)6-3-7-20(17)27-21(24)25/h3,6-12,16H,1-2,4-5,13H2,(H,24,25). The van der Waals surface area contributed by atoms with Gasteiger partial charge in [-0.15, -0.1) is 0 Å². The zero-order chi connectivity index (χ0) is 18.8. The van der Waals surface area contributed by atoms with Crippen LogP contribution in [0.4, 0.5) is 4.79 Å². The van der Waals surface area contributed by atoms with Gasteiger partial charge in [-0.3, -0.25) is 0 Å². The summed E-state index contributed by atoms with van der Waals surface area (Å²) in [5.41, 5.74) is 1.89. The van der Waals surface area contributed by atoms with E-state index in [-0.39, 0.29) is 6.10 Å². The van der Waals surface area contributed by atoms with E-state index in [9.17, 15) is 4.79 Å². The number of halogens is 1. The average molecular weight is 386 g/mol. The minimum absolute atomic E-state index is 0.266. The van der Waals surface area contributed by atoms with Crippen LogP contribution in [0.1, 0.15) is 31.2 Å². The summed E-state index contributed by atoms with van der Waals surface area (Å²) >= 11 is 6.22. The molecule has 0 saturated heterocycles. The van der Waals surface area contributed by atoms with E-state index in [2.05, 4.69) is 0 Å². The third-order valence-electron chi connectivity index (χ3n) is 4.93. The maximum Gasteiger partial charge on any atom is 0.511 e. The van der Waals surface area contributed by atoms with Crippen molar-refractivity contribution in [2.45, 2.75) is 38.3 Å². The highest BCUT2D eigenvalue weighted by Gasteiger charge is 2.18. The van der Waals surface area contributed by atoms with Gasteiger partial charge in [0.25, 0.3) is 0 Å². The summed E-state index contributed by atoms with van der Waals surface area (Å²) in [7, 11) is 0. The Morgan fingerprint density at radius 1 is 1.15 bits per heavy atom. The number of aromatic nitrogens is 1. The predicted octanol–water partition coefficient (Wildman–Crippen LogP) is 5.72. The number of hydrogen-bond donors (Lipinski definition) is 1. The largest absolute Gasteiger partial charge is 0.511 e. The molecule has 1 heterocycles. The van der Waals surface area contributed by atoms with Crippen LogP contribution in [0.5, 0.6) is 11.5 Å². The van der Waals surface area contributed by atoms with E-state index < -0.39 is 6.16 Å². The van der Waals surface area contributed by atoms with Crippen LogP contribution >= 0.6 is 11.6 Å². The zero-order valence-electron chi connectivity index (χ0n) is 14.7. The second kappa shape index (κ2) is 7.53. The molecule has 0 bridgehead atoms. The molecule has 0 aliphatic heterocycles. The van der Waals surface area contributed by atoms with E-state index in [1.165, 1.54) is 12.8 Å². The van der Waals surface area contributed by atoms with Gasteiger partial charge in [0, 0.05) is 22.2 Å². The first-order valence-electron chi connectivity index (χ1n) is 9.04. The van der Waals surface area contributed by atoms with Gasteiger partial charge in [-0.2, -0.15) is 0 Å². The number of carbonyl (C=O) groups is 1. The molecule has 2 aromatic carbocycles. The summed E-state index contributed by atoms with van der Waals surface area (Å²) in [4.78, 5) is 10.9. The molecule has 1 aromatic heterocycles. The number of fused-ring (bicyclic) bond motifs is 1. The first-order valence-corrected chi connectivity index (χ1v) is 9.41. The van der Waals surface area contributed by atoms with Crippen LogP contribution < -0.4 is 9.47 Å². The lowest BCUT2D eigenvalue weighted by atomic mass is 10.2. The Morgan fingerprint density at radius 2 is 1.96 bits per heavy atom. The Morgan fingerprint density at radius 3 is 2.74 bits per heavy atom. The average Bonchev–Trinajstić information content (AvgIpc) is 3.28. The van der Waals surface area contributed by atoms with Crippen molar-refractivity contribution in [3.63, 3.8) is 0 Å². The lowest BCUT2D eigenvalue weighted by Crippen LogP contribution is -2.13. The van der Waals surface area contributed by atoms with Crippen LogP contribution in [0.2, 0.25) is 5.02 Å². The molecule has 4 rings (SSSR count). The first kappa shape index (κ1) is 17.7. The van der Waals surface area contributed by atoms with Gasteiger partial charge in [0.2, 0.25) is 0 Å². The molecule has 27 heavy (non-hydrogen) atoms. The fraction of sp³-hybridized carbons (Fsp3) is 0.286. The summed E-state index contributed by atoms with van der Waals surface area (Å²) in [6.07, 6.45) is 5.46. The van der Waals surface area contributed by atoms with Gasteiger partial charge in [-0.1, -0.05) is 17.7 Å². The lowest BCUT2D eigenvalue weighted by molar-refractivity contribution is 0.145. The van der Waals surface area contributed by atoms with Gasteiger partial charge < -0.3 is 19.1 Å². The van der Waals surface area contributed by atoms with Gasteiger partial charge in [0.05, 0.1) is 18.2 Å². The van der Waals surface area contributed by atoms with Crippen LogP contribution in [0, 0.1) is 0 Å². The molecule has 0 spiro atoms. The van der Waals surface area contributed by atoms with Crippen molar-refractivity contribution in [3.8, 4) is 11.5 Å². The van der Waals surface area contributed by atoms with Gasteiger partial charge in [0.1, 0.15) is 11.5 Å². The van der Waals surface area contributed by atoms with E-state index in [0.717, 1.165) is 35.1 Å². The number of rotatable bonds is 5. The summed E-state index contributed by atoms with van der Waals surface area (Å²) in [5, 5.41) is 10.3. The van der Waals surface area contributed by atoms with E-state index in [4.69, 9.17) is 26.2 Å². The molecule has 0 unspecified atom stereocenters. The van der Waals surface area contributed by atoms with Gasteiger partial charge in [-0.25, -0.2) is 4.79 Å². The van der Waals surface area contributed by atoms with E-state index >= 15 is 0 Å². The van der Waals surface area contributed by atoms with Crippen molar-refractivity contribution in [1.82, 2.24) is 4.57 Å².